The lowest BCUT2D eigenvalue weighted by atomic mass is 10.2. The summed E-state index contributed by atoms with van der Waals surface area (Å²) in [4.78, 5) is 9.71. The predicted molar refractivity (Wildman–Crippen MR) is 137 cm³/mol. The van der Waals surface area contributed by atoms with Gasteiger partial charge in [0.15, 0.2) is 0 Å². The van der Waals surface area contributed by atoms with Gasteiger partial charge in [-0.2, -0.15) is 0 Å². The second-order valence-corrected chi connectivity index (χ2v) is 9.92. The minimum absolute atomic E-state index is 0.272. The first kappa shape index (κ1) is 29.8. The van der Waals surface area contributed by atoms with Crippen LogP contribution in [0, 0.1) is 0 Å². The van der Waals surface area contributed by atoms with E-state index in [4.69, 9.17) is 0 Å². The van der Waals surface area contributed by atoms with Gasteiger partial charge in [-0.1, -0.05) is 53.4 Å². The molecular weight excluding hydrogens is 400 g/mol. The molecule has 0 spiro atoms. The average molecular weight is 457 g/mol. The van der Waals surface area contributed by atoms with E-state index < -0.39 is 0 Å². The van der Waals surface area contributed by atoms with Crippen molar-refractivity contribution in [1.82, 2.24) is 19.6 Å². The van der Waals surface area contributed by atoms with Crippen molar-refractivity contribution in [3.05, 3.63) is 0 Å². The van der Waals surface area contributed by atoms with Gasteiger partial charge in [-0.3, -0.25) is 9.80 Å². The first-order valence-electron chi connectivity index (χ1n) is 13.8. The summed E-state index contributed by atoms with van der Waals surface area (Å²) < 4.78 is 0. The molecule has 0 aromatic heterocycles. The van der Waals surface area contributed by atoms with Crippen LogP contribution in [0.4, 0.5) is 0 Å². The number of β-amino-alcohol motifs (C(OH)–C–C–N with tert-alkyl or cyclic N) is 2. The van der Waals surface area contributed by atoms with Crippen LogP contribution in [-0.2, 0) is 0 Å². The van der Waals surface area contributed by atoms with Crippen molar-refractivity contribution in [3.8, 4) is 0 Å². The third kappa shape index (κ3) is 14.1. The van der Waals surface area contributed by atoms with Crippen molar-refractivity contribution in [2.75, 3.05) is 78.5 Å². The van der Waals surface area contributed by atoms with Gasteiger partial charge in [0.2, 0.25) is 0 Å². The third-order valence-electron chi connectivity index (χ3n) is 6.65. The number of unbranched alkanes of at least 4 members (excludes halogenated alkanes) is 4. The Bertz CT molecular complexity index is 365. The molecule has 6 nitrogen and oxygen atoms in total. The van der Waals surface area contributed by atoms with E-state index in [9.17, 15) is 10.2 Å². The van der Waals surface area contributed by atoms with Crippen molar-refractivity contribution in [2.45, 2.75) is 91.3 Å². The Morgan fingerprint density at radius 1 is 0.562 bits per heavy atom. The number of hydrogen-bond donors (Lipinski definition) is 2. The summed E-state index contributed by atoms with van der Waals surface area (Å²) >= 11 is 0. The second kappa shape index (κ2) is 19.1. The minimum atomic E-state index is -0.272. The van der Waals surface area contributed by atoms with E-state index in [-0.39, 0.29) is 12.2 Å². The molecule has 0 bridgehead atoms. The van der Waals surface area contributed by atoms with E-state index in [2.05, 4.69) is 47.3 Å². The zero-order valence-electron chi connectivity index (χ0n) is 22.0. The second-order valence-electron chi connectivity index (χ2n) is 9.92. The molecule has 32 heavy (non-hydrogen) atoms. The molecule has 1 heterocycles. The number of hydrogen-bond acceptors (Lipinski definition) is 6. The molecular formula is C26H56N4O2. The van der Waals surface area contributed by atoms with Gasteiger partial charge >= 0.3 is 0 Å². The normalized spacial score (nSPS) is 18.0. The summed E-state index contributed by atoms with van der Waals surface area (Å²) in [6.45, 7) is 20.4. The Morgan fingerprint density at radius 2 is 0.844 bits per heavy atom. The summed E-state index contributed by atoms with van der Waals surface area (Å²) in [5, 5.41) is 21.4. The van der Waals surface area contributed by atoms with Gasteiger partial charge in [-0.25, -0.2) is 0 Å². The summed E-state index contributed by atoms with van der Waals surface area (Å²) in [7, 11) is 0. The summed E-state index contributed by atoms with van der Waals surface area (Å²) in [5.74, 6) is 0. The molecule has 0 aromatic carbocycles. The van der Waals surface area contributed by atoms with Crippen LogP contribution in [0.15, 0.2) is 0 Å². The molecule has 1 rings (SSSR count). The first-order valence-corrected chi connectivity index (χ1v) is 13.8. The highest BCUT2D eigenvalue weighted by molar-refractivity contribution is 4.78. The monoisotopic (exact) mass is 456 g/mol. The fraction of sp³-hybridized carbons (Fsp3) is 1.00. The van der Waals surface area contributed by atoms with E-state index in [1.54, 1.807) is 0 Å². The minimum Gasteiger partial charge on any atom is -0.390 e. The number of aliphatic hydroxyl groups is 2. The Balaban J connectivity index is 2.32. The molecule has 0 saturated carbocycles. The van der Waals surface area contributed by atoms with Crippen molar-refractivity contribution in [1.29, 1.82) is 0 Å². The van der Waals surface area contributed by atoms with Crippen LogP contribution in [0.1, 0.15) is 79.1 Å². The number of piperazine rings is 1. The number of rotatable bonds is 20. The highest BCUT2D eigenvalue weighted by atomic mass is 16.3. The fourth-order valence-electron chi connectivity index (χ4n) is 4.58. The molecule has 1 aliphatic heterocycles. The van der Waals surface area contributed by atoms with Gasteiger partial charge in [0.25, 0.3) is 0 Å². The van der Waals surface area contributed by atoms with E-state index in [1.165, 1.54) is 51.4 Å². The molecule has 0 unspecified atom stereocenters. The maximum absolute atomic E-state index is 10.7. The highest BCUT2D eigenvalue weighted by Crippen LogP contribution is 2.08. The SMILES string of the molecule is CCCCN(CCCC)C[C@@H](O)CN1CCN(C[C@H](O)CN(CCCC)CCCC)CC1. The van der Waals surface area contributed by atoms with Crippen LogP contribution in [0.2, 0.25) is 0 Å². The molecule has 0 aromatic rings. The summed E-state index contributed by atoms with van der Waals surface area (Å²) in [5.41, 5.74) is 0. The molecule has 1 fully saturated rings. The van der Waals surface area contributed by atoms with Gasteiger partial charge in [0.1, 0.15) is 0 Å². The Labute approximate surface area is 199 Å². The van der Waals surface area contributed by atoms with Crippen molar-refractivity contribution in [3.63, 3.8) is 0 Å². The van der Waals surface area contributed by atoms with Crippen LogP contribution >= 0.6 is 0 Å². The van der Waals surface area contributed by atoms with Gasteiger partial charge in [-0.05, 0) is 51.9 Å². The number of aliphatic hydroxyl groups excluding tert-OH is 2. The van der Waals surface area contributed by atoms with Gasteiger partial charge < -0.3 is 20.0 Å². The van der Waals surface area contributed by atoms with Crippen LogP contribution in [0.3, 0.4) is 0 Å². The topological polar surface area (TPSA) is 53.4 Å². The molecule has 192 valence electrons. The Kier molecular flexibility index (Phi) is 17.8. The van der Waals surface area contributed by atoms with Crippen molar-refractivity contribution >= 4 is 0 Å². The summed E-state index contributed by atoms with van der Waals surface area (Å²) in [6.07, 6.45) is 9.15. The number of nitrogens with zero attached hydrogens (tertiary/aromatic N) is 4. The largest absolute Gasteiger partial charge is 0.390 e. The molecule has 2 atom stereocenters. The zero-order chi connectivity index (χ0) is 23.6. The maximum Gasteiger partial charge on any atom is 0.0793 e. The molecule has 0 aliphatic carbocycles. The van der Waals surface area contributed by atoms with E-state index >= 15 is 0 Å². The molecule has 2 N–H and O–H groups in total. The standard InChI is InChI=1S/C26H56N4O2/c1-5-9-13-27(14-10-6-2)21-25(31)23-29-17-19-30(20-18-29)24-26(32)22-28(15-11-7-3)16-12-8-4/h25-26,31-32H,5-24H2,1-4H3/t25-,26-/m1/s1. The quantitative estimate of drug-likeness (QED) is 0.294. The zero-order valence-corrected chi connectivity index (χ0v) is 22.0. The Hall–Kier alpha value is -0.240. The van der Waals surface area contributed by atoms with Gasteiger partial charge in [0.05, 0.1) is 12.2 Å². The van der Waals surface area contributed by atoms with Gasteiger partial charge in [-0.15, -0.1) is 0 Å². The van der Waals surface area contributed by atoms with E-state index in [1.807, 2.05) is 0 Å². The lowest BCUT2D eigenvalue weighted by Crippen LogP contribution is -2.52. The van der Waals surface area contributed by atoms with Crippen LogP contribution in [0.25, 0.3) is 0 Å². The molecule has 1 saturated heterocycles. The molecule has 0 amide bonds. The predicted octanol–water partition coefficient (Wildman–Crippen LogP) is 3.13. The molecule has 1 aliphatic rings. The van der Waals surface area contributed by atoms with Crippen LogP contribution in [0.5, 0.6) is 0 Å². The lowest BCUT2D eigenvalue weighted by molar-refractivity contribution is 0.0279. The van der Waals surface area contributed by atoms with Crippen molar-refractivity contribution < 1.29 is 10.2 Å². The molecule has 0 radical (unpaired) electrons. The molecule has 6 heteroatoms. The van der Waals surface area contributed by atoms with E-state index in [0.29, 0.717) is 0 Å². The fourth-order valence-corrected chi connectivity index (χ4v) is 4.58. The maximum atomic E-state index is 10.7. The van der Waals surface area contributed by atoms with E-state index in [0.717, 1.165) is 78.5 Å². The Morgan fingerprint density at radius 3 is 1.09 bits per heavy atom. The first-order chi connectivity index (χ1) is 15.5. The summed E-state index contributed by atoms with van der Waals surface area (Å²) in [6, 6.07) is 0. The van der Waals surface area contributed by atoms with Crippen molar-refractivity contribution in [2.24, 2.45) is 0 Å². The van der Waals surface area contributed by atoms with Crippen LogP contribution < -0.4 is 0 Å². The van der Waals surface area contributed by atoms with Gasteiger partial charge in [0, 0.05) is 52.4 Å². The highest BCUT2D eigenvalue weighted by Gasteiger charge is 2.22. The third-order valence-corrected chi connectivity index (χ3v) is 6.65. The lowest BCUT2D eigenvalue weighted by Gasteiger charge is -2.37. The van der Waals surface area contributed by atoms with Crippen LogP contribution in [-0.4, -0.2) is 121 Å². The smallest absolute Gasteiger partial charge is 0.0793 e. The average Bonchev–Trinajstić information content (AvgIpc) is 2.78.